The molecule has 0 aliphatic heterocycles. The molecule has 3 amide bonds. The maximum atomic E-state index is 14.0. The third kappa shape index (κ3) is 10.1. The highest BCUT2D eigenvalue weighted by Gasteiger charge is 2.37. The summed E-state index contributed by atoms with van der Waals surface area (Å²) in [6, 6.07) is 4.06. The van der Waals surface area contributed by atoms with E-state index >= 15 is 0 Å². The lowest BCUT2D eigenvalue weighted by molar-refractivity contribution is -0.142. The van der Waals surface area contributed by atoms with Gasteiger partial charge in [-0.05, 0) is 78.9 Å². The van der Waals surface area contributed by atoms with Crippen molar-refractivity contribution in [3.63, 3.8) is 0 Å². The molecule has 0 radical (unpaired) electrons. The van der Waals surface area contributed by atoms with Crippen LogP contribution in [0.1, 0.15) is 84.5 Å². The third-order valence-electron chi connectivity index (χ3n) is 5.08. The highest BCUT2D eigenvalue weighted by Crippen LogP contribution is 2.28. The van der Waals surface area contributed by atoms with Gasteiger partial charge in [-0.25, -0.2) is 4.79 Å². The van der Waals surface area contributed by atoms with E-state index < -0.39 is 29.3 Å². The second kappa shape index (κ2) is 12.2. The Morgan fingerprint density at radius 2 is 1.69 bits per heavy atom. The first-order chi connectivity index (χ1) is 15.9. The fraction of sp³-hybridized carbons (Fsp3) is 0.607. The van der Waals surface area contributed by atoms with Crippen LogP contribution in [0.3, 0.4) is 0 Å². The number of carbonyl (C=O) groups excluding carboxylic acids is 3. The second-order valence-electron chi connectivity index (χ2n) is 11.6. The molecule has 2 atom stereocenters. The summed E-state index contributed by atoms with van der Waals surface area (Å²) in [5.74, 6) is -0.536. The highest BCUT2D eigenvalue weighted by atomic mass is 16.6. The fourth-order valence-corrected chi connectivity index (χ4v) is 3.83. The number of ether oxygens (including phenoxy) is 1. The van der Waals surface area contributed by atoms with Crippen LogP contribution in [-0.2, 0) is 14.3 Å². The van der Waals surface area contributed by atoms with Crippen LogP contribution in [-0.4, -0.2) is 46.5 Å². The molecule has 1 rings (SSSR count). The number of hydrogen-bond acceptors (Lipinski definition) is 4. The molecule has 1 aromatic carbocycles. The largest absolute Gasteiger partial charge is 0.444 e. The summed E-state index contributed by atoms with van der Waals surface area (Å²) in [6.45, 7) is 22.8. The average molecular weight is 488 g/mol. The van der Waals surface area contributed by atoms with E-state index in [2.05, 4.69) is 17.2 Å². The van der Waals surface area contributed by atoms with E-state index in [0.29, 0.717) is 6.42 Å². The van der Waals surface area contributed by atoms with E-state index in [1.54, 1.807) is 26.8 Å². The zero-order valence-electron chi connectivity index (χ0n) is 23.2. The maximum Gasteiger partial charge on any atom is 0.408 e. The fourth-order valence-electron chi connectivity index (χ4n) is 3.83. The summed E-state index contributed by atoms with van der Waals surface area (Å²) < 4.78 is 5.41. The number of nitrogens with one attached hydrogen (secondary N) is 2. The molecule has 7 nitrogen and oxygen atoms in total. The minimum Gasteiger partial charge on any atom is -0.444 e. The number of hydrogen-bond donors (Lipinski definition) is 2. The summed E-state index contributed by atoms with van der Waals surface area (Å²) in [7, 11) is 0. The molecule has 0 heterocycles. The summed E-state index contributed by atoms with van der Waals surface area (Å²) >= 11 is 0. The standard InChI is InChI=1S/C28H45N3O4/c1-12-15-31(25(33)22(16-18(2)3)29-26(34)35-28(9,10)11)23(24(32)30-27(6,7)8)21-14-13-19(4)17-20(21)5/h12-14,17-18,22-23H,1,15-16H2,2-11H3,(H,29,34)(H,30,32). The van der Waals surface area contributed by atoms with Gasteiger partial charge >= 0.3 is 6.09 Å². The molecule has 0 aromatic heterocycles. The first-order valence-corrected chi connectivity index (χ1v) is 12.2. The van der Waals surface area contributed by atoms with Crippen molar-refractivity contribution >= 4 is 17.9 Å². The monoisotopic (exact) mass is 487 g/mol. The number of alkyl carbamates (subject to hydrolysis) is 1. The zero-order chi connectivity index (χ0) is 27.1. The minimum absolute atomic E-state index is 0.118. The summed E-state index contributed by atoms with van der Waals surface area (Å²) in [5.41, 5.74) is 1.49. The molecule has 0 aliphatic carbocycles. The number of benzene rings is 1. The van der Waals surface area contributed by atoms with Crippen molar-refractivity contribution in [3.8, 4) is 0 Å². The molecule has 0 spiro atoms. The van der Waals surface area contributed by atoms with Crippen molar-refractivity contribution in [2.75, 3.05) is 6.54 Å². The molecule has 35 heavy (non-hydrogen) atoms. The molecule has 0 fully saturated rings. The van der Waals surface area contributed by atoms with Crippen molar-refractivity contribution in [2.24, 2.45) is 5.92 Å². The Labute approximate surface area is 211 Å². The Kier molecular flexibility index (Phi) is 10.6. The van der Waals surface area contributed by atoms with Gasteiger partial charge in [-0.3, -0.25) is 9.59 Å². The molecule has 1 aromatic rings. The van der Waals surface area contributed by atoms with Crippen LogP contribution in [0.4, 0.5) is 4.79 Å². The van der Waals surface area contributed by atoms with Crippen molar-refractivity contribution < 1.29 is 19.1 Å². The molecule has 2 unspecified atom stereocenters. The number of nitrogens with zero attached hydrogens (tertiary/aromatic N) is 1. The van der Waals surface area contributed by atoms with Gasteiger partial charge in [-0.1, -0.05) is 43.7 Å². The van der Waals surface area contributed by atoms with E-state index in [1.807, 2.05) is 66.7 Å². The van der Waals surface area contributed by atoms with Crippen molar-refractivity contribution in [1.82, 2.24) is 15.5 Å². The first kappa shape index (κ1) is 30.2. The van der Waals surface area contributed by atoms with Crippen LogP contribution < -0.4 is 10.6 Å². The van der Waals surface area contributed by atoms with Gasteiger partial charge in [-0.2, -0.15) is 0 Å². The average Bonchev–Trinajstić information content (AvgIpc) is 2.64. The highest BCUT2D eigenvalue weighted by molar-refractivity contribution is 5.92. The molecule has 0 bridgehead atoms. The van der Waals surface area contributed by atoms with Crippen LogP contribution in [0, 0.1) is 19.8 Å². The molecular weight excluding hydrogens is 442 g/mol. The Bertz CT molecular complexity index is 910. The van der Waals surface area contributed by atoms with Gasteiger partial charge in [0.15, 0.2) is 0 Å². The number of rotatable bonds is 9. The Balaban J connectivity index is 3.54. The molecule has 0 saturated heterocycles. The smallest absolute Gasteiger partial charge is 0.408 e. The molecule has 196 valence electrons. The van der Waals surface area contributed by atoms with Crippen molar-refractivity contribution in [2.45, 2.75) is 98.9 Å². The lowest BCUT2D eigenvalue weighted by Gasteiger charge is -2.36. The van der Waals surface area contributed by atoms with E-state index in [0.717, 1.165) is 16.7 Å². The van der Waals surface area contributed by atoms with Gasteiger partial charge < -0.3 is 20.3 Å². The Morgan fingerprint density at radius 1 is 1.09 bits per heavy atom. The number of amides is 3. The van der Waals surface area contributed by atoms with Crippen LogP contribution in [0.25, 0.3) is 0 Å². The van der Waals surface area contributed by atoms with E-state index in [1.165, 1.54) is 4.90 Å². The second-order valence-corrected chi connectivity index (χ2v) is 11.6. The Morgan fingerprint density at radius 3 is 2.14 bits per heavy atom. The van der Waals surface area contributed by atoms with Crippen LogP contribution >= 0.6 is 0 Å². The van der Waals surface area contributed by atoms with Gasteiger partial charge in [0, 0.05) is 12.1 Å². The minimum atomic E-state index is -0.893. The van der Waals surface area contributed by atoms with Crippen LogP contribution in [0.2, 0.25) is 0 Å². The lowest BCUT2D eigenvalue weighted by atomic mass is 9.94. The molecule has 2 N–H and O–H groups in total. The lowest BCUT2D eigenvalue weighted by Crippen LogP contribution is -2.55. The molecule has 7 heteroatoms. The normalized spacial score (nSPS) is 13.6. The van der Waals surface area contributed by atoms with Gasteiger partial charge in [-0.15, -0.1) is 6.58 Å². The van der Waals surface area contributed by atoms with E-state index in [4.69, 9.17) is 4.74 Å². The van der Waals surface area contributed by atoms with Gasteiger partial charge in [0.25, 0.3) is 0 Å². The quantitative estimate of drug-likeness (QED) is 0.468. The third-order valence-corrected chi connectivity index (χ3v) is 5.08. The molecular formula is C28H45N3O4. The summed E-state index contributed by atoms with van der Waals surface area (Å²) in [4.78, 5) is 41.7. The predicted molar refractivity (Wildman–Crippen MR) is 141 cm³/mol. The van der Waals surface area contributed by atoms with Crippen molar-refractivity contribution in [1.29, 1.82) is 0 Å². The van der Waals surface area contributed by atoms with E-state index in [-0.39, 0.29) is 24.3 Å². The predicted octanol–water partition coefficient (Wildman–Crippen LogP) is 5.21. The van der Waals surface area contributed by atoms with E-state index in [9.17, 15) is 14.4 Å². The summed E-state index contributed by atoms with van der Waals surface area (Å²) in [5, 5.41) is 5.77. The zero-order valence-corrected chi connectivity index (χ0v) is 23.2. The topological polar surface area (TPSA) is 87.7 Å². The molecule has 0 aliphatic rings. The van der Waals surface area contributed by atoms with Gasteiger partial charge in [0.1, 0.15) is 17.7 Å². The van der Waals surface area contributed by atoms with Crippen LogP contribution in [0.15, 0.2) is 30.9 Å². The first-order valence-electron chi connectivity index (χ1n) is 12.2. The maximum absolute atomic E-state index is 14.0. The Hall–Kier alpha value is -2.83. The number of aryl methyl sites for hydroxylation is 2. The SMILES string of the molecule is C=CCN(C(=O)C(CC(C)C)NC(=O)OC(C)(C)C)C(C(=O)NC(C)(C)C)c1ccc(C)cc1C. The van der Waals surface area contributed by atoms with Crippen LogP contribution in [0.5, 0.6) is 0 Å². The van der Waals surface area contributed by atoms with Gasteiger partial charge in [0.2, 0.25) is 11.8 Å². The number of carbonyl (C=O) groups is 3. The van der Waals surface area contributed by atoms with Crippen molar-refractivity contribution in [3.05, 3.63) is 47.5 Å². The van der Waals surface area contributed by atoms with Gasteiger partial charge in [0.05, 0.1) is 0 Å². The summed E-state index contributed by atoms with van der Waals surface area (Å²) in [6.07, 6.45) is 1.32. The molecule has 0 saturated carbocycles.